The molecule has 0 bridgehead atoms. The molecule has 0 unspecified atom stereocenters. The Bertz CT molecular complexity index is 490. The highest BCUT2D eigenvalue weighted by molar-refractivity contribution is 5.49. The minimum atomic E-state index is 0.396. The standard InChI is InChI=1S/C12H16N4/c1-8-4-9(2)12(10(3)5-8)16-7-14-15-11(16)6-13/h4-5,7H,6,13H2,1-3H3. The molecule has 0 fully saturated rings. The third-order valence-corrected chi connectivity index (χ3v) is 2.68. The fourth-order valence-electron chi connectivity index (χ4n) is 2.14. The topological polar surface area (TPSA) is 56.7 Å². The Hall–Kier alpha value is -1.68. The van der Waals surface area contributed by atoms with E-state index in [9.17, 15) is 0 Å². The largest absolute Gasteiger partial charge is 0.324 e. The van der Waals surface area contributed by atoms with Crippen molar-refractivity contribution in [3.05, 3.63) is 41.0 Å². The van der Waals surface area contributed by atoms with E-state index in [0.29, 0.717) is 6.54 Å². The summed E-state index contributed by atoms with van der Waals surface area (Å²) < 4.78 is 1.96. The van der Waals surface area contributed by atoms with Crippen molar-refractivity contribution < 1.29 is 0 Å². The molecule has 2 rings (SSSR count). The van der Waals surface area contributed by atoms with Crippen LogP contribution >= 0.6 is 0 Å². The number of benzene rings is 1. The minimum Gasteiger partial charge on any atom is -0.324 e. The maximum absolute atomic E-state index is 5.64. The van der Waals surface area contributed by atoms with Gasteiger partial charge in [0.05, 0.1) is 12.2 Å². The Morgan fingerprint density at radius 1 is 1.19 bits per heavy atom. The lowest BCUT2D eigenvalue weighted by Crippen LogP contribution is -2.08. The van der Waals surface area contributed by atoms with Crippen molar-refractivity contribution in [3.63, 3.8) is 0 Å². The molecule has 4 nitrogen and oxygen atoms in total. The second kappa shape index (κ2) is 4.06. The molecule has 1 aromatic carbocycles. The molecule has 0 radical (unpaired) electrons. The van der Waals surface area contributed by atoms with Gasteiger partial charge in [0, 0.05) is 0 Å². The van der Waals surface area contributed by atoms with Crippen molar-refractivity contribution in [2.24, 2.45) is 5.73 Å². The Morgan fingerprint density at radius 2 is 1.81 bits per heavy atom. The second-order valence-corrected chi connectivity index (χ2v) is 4.07. The molecular formula is C12H16N4. The first-order valence-electron chi connectivity index (χ1n) is 5.30. The zero-order chi connectivity index (χ0) is 11.7. The van der Waals surface area contributed by atoms with Crippen LogP contribution in [0.25, 0.3) is 5.69 Å². The molecule has 2 N–H and O–H groups in total. The zero-order valence-electron chi connectivity index (χ0n) is 9.86. The van der Waals surface area contributed by atoms with Gasteiger partial charge in [0.15, 0.2) is 5.82 Å². The number of nitrogens with two attached hydrogens (primary N) is 1. The quantitative estimate of drug-likeness (QED) is 0.830. The fourth-order valence-corrected chi connectivity index (χ4v) is 2.14. The number of hydrogen-bond acceptors (Lipinski definition) is 3. The first-order valence-corrected chi connectivity index (χ1v) is 5.30. The average molecular weight is 216 g/mol. The summed E-state index contributed by atoms with van der Waals surface area (Å²) in [5.41, 5.74) is 10.5. The summed E-state index contributed by atoms with van der Waals surface area (Å²) in [6.45, 7) is 6.68. The second-order valence-electron chi connectivity index (χ2n) is 4.07. The summed E-state index contributed by atoms with van der Waals surface area (Å²) in [6, 6.07) is 4.31. The Balaban J connectivity index is 2.64. The summed E-state index contributed by atoms with van der Waals surface area (Å²) in [7, 11) is 0. The van der Waals surface area contributed by atoms with E-state index in [1.807, 2.05) is 4.57 Å². The molecule has 84 valence electrons. The van der Waals surface area contributed by atoms with Crippen LogP contribution in [0.3, 0.4) is 0 Å². The van der Waals surface area contributed by atoms with E-state index >= 15 is 0 Å². The van der Waals surface area contributed by atoms with Crippen LogP contribution in [-0.4, -0.2) is 14.8 Å². The van der Waals surface area contributed by atoms with Gasteiger partial charge < -0.3 is 5.73 Å². The number of aryl methyl sites for hydroxylation is 3. The van der Waals surface area contributed by atoms with Gasteiger partial charge in [-0.2, -0.15) is 0 Å². The van der Waals surface area contributed by atoms with Gasteiger partial charge in [-0.05, 0) is 31.9 Å². The molecule has 16 heavy (non-hydrogen) atoms. The van der Waals surface area contributed by atoms with E-state index in [1.54, 1.807) is 6.33 Å². The van der Waals surface area contributed by atoms with Gasteiger partial charge in [0.25, 0.3) is 0 Å². The molecule has 0 saturated heterocycles. The molecule has 0 spiro atoms. The van der Waals surface area contributed by atoms with Gasteiger partial charge in [-0.1, -0.05) is 17.7 Å². The van der Waals surface area contributed by atoms with Crippen LogP contribution in [0.1, 0.15) is 22.5 Å². The van der Waals surface area contributed by atoms with E-state index in [1.165, 1.54) is 16.7 Å². The summed E-state index contributed by atoms with van der Waals surface area (Å²) in [5, 5.41) is 7.91. The van der Waals surface area contributed by atoms with Crippen LogP contribution in [0.4, 0.5) is 0 Å². The maximum atomic E-state index is 5.64. The molecule has 0 saturated carbocycles. The van der Waals surface area contributed by atoms with Crippen LogP contribution in [0, 0.1) is 20.8 Å². The van der Waals surface area contributed by atoms with Crippen molar-refractivity contribution >= 4 is 0 Å². The van der Waals surface area contributed by atoms with Crippen LogP contribution < -0.4 is 5.73 Å². The van der Waals surface area contributed by atoms with Gasteiger partial charge in [-0.15, -0.1) is 10.2 Å². The van der Waals surface area contributed by atoms with Crippen LogP contribution in [0.15, 0.2) is 18.5 Å². The third kappa shape index (κ3) is 1.72. The van der Waals surface area contributed by atoms with Gasteiger partial charge >= 0.3 is 0 Å². The number of hydrogen-bond donors (Lipinski definition) is 1. The normalized spacial score (nSPS) is 10.8. The number of aromatic nitrogens is 3. The smallest absolute Gasteiger partial charge is 0.151 e. The van der Waals surface area contributed by atoms with Crippen LogP contribution in [-0.2, 0) is 6.54 Å². The van der Waals surface area contributed by atoms with Gasteiger partial charge in [0.1, 0.15) is 6.33 Å². The lowest BCUT2D eigenvalue weighted by Gasteiger charge is -2.13. The third-order valence-electron chi connectivity index (χ3n) is 2.68. The maximum Gasteiger partial charge on any atom is 0.151 e. The lowest BCUT2D eigenvalue weighted by atomic mass is 10.0. The van der Waals surface area contributed by atoms with E-state index in [2.05, 4.69) is 43.1 Å². The Morgan fingerprint density at radius 3 is 2.38 bits per heavy atom. The Labute approximate surface area is 95.1 Å². The van der Waals surface area contributed by atoms with Crippen molar-refractivity contribution in [3.8, 4) is 5.69 Å². The Kier molecular flexibility index (Phi) is 2.75. The predicted molar refractivity (Wildman–Crippen MR) is 63.5 cm³/mol. The van der Waals surface area contributed by atoms with Crippen LogP contribution in [0.5, 0.6) is 0 Å². The summed E-state index contributed by atoms with van der Waals surface area (Å²) in [6.07, 6.45) is 1.72. The summed E-state index contributed by atoms with van der Waals surface area (Å²) >= 11 is 0. The fraction of sp³-hybridized carbons (Fsp3) is 0.333. The van der Waals surface area contributed by atoms with E-state index in [-0.39, 0.29) is 0 Å². The van der Waals surface area contributed by atoms with Gasteiger partial charge in [-0.3, -0.25) is 4.57 Å². The molecule has 4 heteroatoms. The first-order chi connectivity index (χ1) is 7.63. The zero-order valence-corrected chi connectivity index (χ0v) is 9.86. The lowest BCUT2D eigenvalue weighted by molar-refractivity contribution is 0.852. The highest BCUT2D eigenvalue weighted by Crippen LogP contribution is 2.21. The highest BCUT2D eigenvalue weighted by atomic mass is 15.3. The number of nitrogens with zero attached hydrogens (tertiary/aromatic N) is 3. The van der Waals surface area contributed by atoms with Crippen molar-refractivity contribution in [1.82, 2.24) is 14.8 Å². The van der Waals surface area contributed by atoms with E-state index in [4.69, 9.17) is 5.73 Å². The molecule has 0 aliphatic carbocycles. The minimum absolute atomic E-state index is 0.396. The summed E-state index contributed by atoms with van der Waals surface area (Å²) in [5.74, 6) is 0.787. The highest BCUT2D eigenvalue weighted by Gasteiger charge is 2.10. The van der Waals surface area contributed by atoms with Crippen molar-refractivity contribution in [2.75, 3.05) is 0 Å². The molecule has 0 amide bonds. The first kappa shape index (κ1) is 10.8. The molecule has 0 aliphatic heterocycles. The predicted octanol–water partition coefficient (Wildman–Crippen LogP) is 1.65. The van der Waals surface area contributed by atoms with Crippen LogP contribution in [0.2, 0.25) is 0 Å². The monoisotopic (exact) mass is 216 g/mol. The van der Waals surface area contributed by atoms with Crippen molar-refractivity contribution in [2.45, 2.75) is 27.3 Å². The molecule has 0 aliphatic rings. The SMILES string of the molecule is Cc1cc(C)c(-n2cnnc2CN)c(C)c1. The molecular weight excluding hydrogens is 200 g/mol. The van der Waals surface area contributed by atoms with Gasteiger partial charge in [-0.25, -0.2) is 0 Å². The van der Waals surface area contributed by atoms with Gasteiger partial charge in [0.2, 0.25) is 0 Å². The summed E-state index contributed by atoms with van der Waals surface area (Å²) in [4.78, 5) is 0. The average Bonchev–Trinajstić information content (AvgIpc) is 2.64. The van der Waals surface area contributed by atoms with E-state index in [0.717, 1.165) is 11.5 Å². The molecule has 1 aromatic heterocycles. The van der Waals surface area contributed by atoms with E-state index < -0.39 is 0 Å². The molecule has 1 heterocycles. The molecule has 0 atom stereocenters. The molecule has 2 aromatic rings. The van der Waals surface area contributed by atoms with Crippen molar-refractivity contribution in [1.29, 1.82) is 0 Å². The number of rotatable bonds is 2.